The van der Waals surface area contributed by atoms with E-state index in [9.17, 15) is 5.11 Å². The lowest BCUT2D eigenvalue weighted by Gasteiger charge is -2.32. The highest BCUT2D eigenvalue weighted by atomic mass is 35.5. The maximum Gasteiger partial charge on any atom is 0.142 e. The minimum Gasteiger partial charge on any atom is -0.376 e. The molecule has 5 aromatic rings. The first-order valence-corrected chi connectivity index (χ1v) is 13.1. The van der Waals surface area contributed by atoms with E-state index in [0.717, 1.165) is 50.1 Å². The Kier molecular flexibility index (Phi) is 5.60. The van der Waals surface area contributed by atoms with Crippen LogP contribution in [-0.2, 0) is 11.0 Å². The SMILES string of the molecule is CC(C)(C)c1ccc2c(c1)C(O)(c1ccccc1-c1ccc(Cl)cc1)c1c(-c3ccccc3)cccc1-2. The van der Waals surface area contributed by atoms with Crippen molar-refractivity contribution in [1.82, 2.24) is 0 Å². The summed E-state index contributed by atoms with van der Waals surface area (Å²) in [6.07, 6.45) is 0. The fourth-order valence-electron chi connectivity index (χ4n) is 5.66. The molecule has 1 aliphatic carbocycles. The van der Waals surface area contributed by atoms with Crippen LogP contribution in [0.5, 0.6) is 0 Å². The van der Waals surface area contributed by atoms with Gasteiger partial charge in [0.15, 0.2) is 0 Å². The summed E-state index contributed by atoms with van der Waals surface area (Å²) in [6.45, 7) is 6.65. The monoisotopic (exact) mass is 500 g/mol. The lowest BCUT2D eigenvalue weighted by atomic mass is 9.76. The Labute approximate surface area is 224 Å². The number of rotatable bonds is 3. The molecular formula is C35H29ClO. The molecule has 0 heterocycles. The molecule has 0 aliphatic heterocycles. The van der Waals surface area contributed by atoms with Gasteiger partial charge in [0.1, 0.15) is 5.60 Å². The van der Waals surface area contributed by atoms with Crippen LogP contribution in [0.25, 0.3) is 33.4 Å². The molecule has 1 atom stereocenters. The standard InChI is InChI=1S/C35H29ClO/c1-34(2,3)25-18-21-29-30-14-9-13-28(23-10-5-4-6-11-23)33(30)35(37,32(29)22-25)31-15-8-7-12-27(31)24-16-19-26(36)20-17-24/h4-22,37H,1-3H3. The third-order valence-corrected chi connectivity index (χ3v) is 7.80. The van der Waals surface area contributed by atoms with E-state index in [0.29, 0.717) is 5.02 Å². The van der Waals surface area contributed by atoms with Crippen molar-refractivity contribution in [2.75, 3.05) is 0 Å². The van der Waals surface area contributed by atoms with Gasteiger partial charge in [-0.05, 0) is 56.5 Å². The molecule has 0 amide bonds. The zero-order valence-corrected chi connectivity index (χ0v) is 22.1. The quantitative estimate of drug-likeness (QED) is 0.261. The van der Waals surface area contributed by atoms with Crippen molar-refractivity contribution in [2.24, 2.45) is 0 Å². The van der Waals surface area contributed by atoms with E-state index >= 15 is 0 Å². The number of fused-ring (bicyclic) bond motifs is 3. The minimum atomic E-state index is -1.34. The highest BCUT2D eigenvalue weighted by Crippen LogP contribution is 2.56. The largest absolute Gasteiger partial charge is 0.376 e. The Morgan fingerprint density at radius 2 is 1.19 bits per heavy atom. The minimum absolute atomic E-state index is 0.0529. The normalized spacial score (nSPS) is 16.4. The zero-order chi connectivity index (χ0) is 25.8. The van der Waals surface area contributed by atoms with Crippen molar-refractivity contribution in [2.45, 2.75) is 31.8 Å². The summed E-state index contributed by atoms with van der Waals surface area (Å²) < 4.78 is 0. The molecule has 37 heavy (non-hydrogen) atoms. The van der Waals surface area contributed by atoms with Gasteiger partial charge >= 0.3 is 0 Å². The average Bonchev–Trinajstić information content (AvgIpc) is 3.18. The smallest absolute Gasteiger partial charge is 0.142 e. The first-order valence-electron chi connectivity index (χ1n) is 12.7. The van der Waals surface area contributed by atoms with Crippen LogP contribution >= 0.6 is 11.6 Å². The molecule has 1 unspecified atom stereocenters. The topological polar surface area (TPSA) is 20.2 Å². The fourth-order valence-corrected chi connectivity index (χ4v) is 5.79. The third kappa shape index (κ3) is 3.82. The van der Waals surface area contributed by atoms with Crippen LogP contribution in [0.3, 0.4) is 0 Å². The van der Waals surface area contributed by atoms with Crippen molar-refractivity contribution in [3.63, 3.8) is 0 Å². The Bertz CT molecular complexity index is 1610. The summed E-state index contributed by atoms with van der Waals surface area (Å²) in [5, 5.41) is 13.9. The maximum absolute atomic E-state index is 13.2. The van der Waals surface area contributed by atoms with Gasteiger partial charge in [-0.3, -0.25) is 0 Å². The molecule has 182 valence electrons. The Hall–Kier alpha value is -3.65. The highest BCUT2D eigenvalue weighted by Gasteiger charge is 2.46. The van der Waals surface area contributed by atoms with E-state index in [-0.39, 0.29) is 5.41 Å². The second-order valence-corrected chi connectivity index (χ2v) is 11.3. The van der Waals surface area contributed by atoms with Gasteiger partial charge in [0, 0.05) is 21.7 Å². The number of hydrogen-bond acceptors (Lipinski definition) is 1. The molecule has 0 radical (unpaired) electrons. The van der Waals surface area contributed by atoms with Gasteiger partial charge in [0.25, 0.3) is 0 Å². The summed E-state index contributed by atoms with van der Waals surface area (Å²) in [6, 6.07) is 39.4. The van der Waals surface area contributed by atoms with Gasteiger partial charge in [-0.15, -0.1) is 0 Å². The van der Waals surface area contributed by atoms with Crippen LogP contribution in [0.4, 0.5) is 0 Å². The Morgan fingerprint density at radius 1 is 0.568 bits per heavy atom. The van der Waals surface area contributed by atoms with E-state index < -0.39 is 5.60 Å². The van der Waals surface area contributed by atoms with Crippen LogP contribution < -0.4 is 0 Å². The maximum atomic E-state index is 13.2. The molecule has 0 bridgehead atoms. The molecule has 1 nitrogen and oxygen atoms in total. The van der Waals surface area contributed by atoms with Crippen molar-refractivity contribution in [3.8, 4) is 33.4 Å². The van der Waals surface area contributed by atoms with Crippen molar-refractivity contribution >= 4 is 11.6 Å². The molecule has 1 N–H and O–H groups in total. The zero-order valence-electron chi connectivity index (χ0n) is 21.3. The number of halogens is 1. The van der Waals surface area contributed by atoms with E-state index in [1.165, 1.54) is 5.56 Å². The third-order valence-electron chi connectivity index (χ3n) is 7.55. The van der Waals surface area contributed by atoms with Gasteiger partial charge in [-0.25, -0.2) is 0 Å². The highest BCUT2D eigenvalue weighted by molar-refractivity contribution is 6.30. The molecule has 1 aliphatic rings. The van der Waals surface area contributed by atoms with Gasteiger partial charge in [-0.1, -0.05) is 136 Å². The molecule has 0 fully saturated rings. The second kappa shape index (κ2) is 8.73. The van der Waals surface area contributed by atoms with E-state index in [2.05, 4.69) is 93.6 Å². The first-order chi connectivity index (χ1) is 17.8. The molecule has 0 saturated carbocycles. The lowest BCUT2D eigenvalue weighted by molar-refractivity contribution is 0.131. The van der Waals surface area contributed by atoms with Crippen molar-refractivity contribution in [1.29, 1.82) is 0 Å². The molecule has 6 rings (SSSR count). The Balaban J connectivity index is 1.71. The van der Waals surface area contributed by atoms with Crippen molar-refractivity contribution < 1.29 is 5.11 Å². The summed E-state index contributed by atoms with van der Waals surface area (Å²) >= 11 is 6.23. The molecule has 0 saturated heterocycles. The summed E-state index contributed by atoms with van der Waals surface area (Å²) in [4.78, 5) is 0. The average molecular weight is 501 g/mol. The number of hydrogen-bond donors (Lipinski definition) is 1. The first kappa shape index (κ1) is 23.7. The van der Waals surface area contributed by atoms with Gasteiger partial charge < -0.3 is 5.11 Å². The predicted octanol–water partition coefficient (Wildman–Crippen LogP) is 9.24. The number of aliphatic hydroxyl groups is 1. The summed E-state index contributed by atoms with van der Waals surface area (Å²) in [5.41, 5.74) is 8.83. The Morgan fingerprint density at radius 3 is 1.92 bits per heavy atom. The van der Waals surface area contributed by atoms with E-state index in [1.807, 2.05) is 42.5 Å². The summed E-state index contributed by atoms with van der Waals surface area (Å²) in [5.74, 6) is 0. The van der Waals surface area contributed by atoms with Crippen LogP contribution in [0.15, 0.2) is 115 Å². The molecule has 0 aromatic heterocycles. The van der Waals surface area contributed by atoms with Crippen LogP contribution in [-0.4, -0.2) is 5.11 Å². The lowest BCUT2D eigenvalue weighted by Crippen LogP contribution is -2.28. The van der Waals surface area contributed by atoms with Crippen LogP contribution in [0.2, 0.25) is 5.02 Å². The predicted molar refractivity (Wildman–Crippen MR) is 155 cm³/mol. The van der Waals surface area contributed by atoms with Crippen LogP contribution in [0.1, 0.15) is 43.0 Å². The molecule has 0 spiro atoms. The molecule has 2 heteroatoms. The molecular weight excluding hydrogens is 472 g/mol. The van der Waals surface area contributed by atoms with Gasteiger partial charge in [0.2, 0.25) is 0 Å². The van der Waals surface area contributed by atoms with Crippen molar-refractivity contribution in [3.05, 3.63) is 143 Å². The fraction of sp³-hybridized carbons (Fsp3) is 0.143. The van der Waals surface area contributed by atoms with E-state index in [4.69, 9.17) is 11.6 Å². The molecule has 5 aromatic carbocycles. The van der Waals surface area contributed by atoms with Gasteiger partial charge in [0.05, 0.1) is 0 Å². The summed E-state index contributed by atoms with van der Waals surface area (Å²) in [7, 11) is 0. The van der Waals surface area contributed by atoms with Crippen LogP contribution in [0, 0.1) is 0 Å². The number of benzene rings is 5. The van der Waals surface area contributed by atoms with Gasteiger partial charge in [-0.2, -0.15) is 0 Å². The second-order valence-electron chi connectivity index (χ2n) is 10.9. The van der Waals surface area contributed by atoms with E-state index in [1.54, 1.807) is 0 Å².